The Bertz CT molecular complexity index is 1170. The fraction of sp³-hybridized carbons (Fsp3) is 0.355. The zero-order valence-electron chi connectivity index (χ0n) is 22.4. The molecule has 0 fully saturated rings. The number of aryl methyl sites for hydroxylation is 3. The summed E-state index contributed by atoms with van der Waals surface area (Å²) in [5.74, 6) is 0.148. The zero-order chi connectivity index (χ0) is 26.9. The van der Waals surface area contributed by atoms with Crippen LogP contribution in [0.25, 0.3) is 0 Å². The number of halogens is 1. The summed E-state index contributed by atoms with van der Waals surface area (Å²) in [4.78, 5) is 28.9. The Morgan fingerprint density at radius 3 is 2.16 bits per heavy atom. The maximum absolute atomic E-state index is 13.7. The molecule has 0 heterocycles. The summed E-state index contributed by atoms with van der Waals surface area (Å²) in [6.07, 6.45) is 1.20. The quantitative estimate of drug-likeness (QED) is 0.327. The number of rotatable bonds is 11. The van der Waals surface area contributed by atoms with Gasteiger partial charge in [-0.25, -0.2) is 0 Å². The largest absolute Gasteiger partial charge is 0.484 e. The minimum absolute atomic E-state index is 0.00151. The molecule has 0 bridgehead atoms. The van der Waals surface area contributed by atoms with E-state index in [2.05, 4.69) is 5.32 Å². The Hall–Kier alpha value is -3.31. The topological polar surface area (TPSA) is 58.6 Å². The molecule has 6 heteroatoms. The molecule has 1 N–H and O–H groups in total. The molecule has 3 aromatic carbocycles. The number of carbonyl (C=O) groups excluding carboxylic acids is 2. The van der Waals surface area contributed by atoms with E-state index in [1.165, 1.54) is 0 Å². The molecule has 0 saturated carbocycles. The Morgan fingerprint density at radius 1 is 0.946 bits per heavy atom. The van der Waals surface area contributed by atoms with Crippen LogP contribution in [-0.2, 0) is 22.6 Å². The highest BCUT2D eigenvalue weighted by Gasteiger charge is 2.31. The lowest BCUT2D eigenvalue weighted by atomic mass is 10.0. The monoisotopic (exact) mass is 520 g/mol. The molecule has 196 valence electrons. The van der Waals surface area contributed by atoms with E-state index in [1.807, 2.05) is 101 Å². The molecule has 0 unspecified atom stereocenters. The van der Waals surface area contributed by atoms with Gasteiger partial charge in [0, 0.05) is 24.0 Å². The number of benzene rings is 3. The van der Waals surface area contributed by atoms with Gasteiger partial charge in [-0.1, -0.05) is 78.7 Å². The van der Waals surface area contributed by atoms with Crippen molar-refractivity contribution in [1.29, 1.82) is 0 Å². The van der Waals surface area contributed by atoms with Crippen LogP contribution in [0.1, 0.15) is 48.1 Å². The van der Waals surface area contributed by atoms with Crippen molar-refractivity contribution in [3.05, 3.63) is 99.6 Å². The Morgan fingerprint density at radius 2 is 1.57 bits per heavy atom. The maximum Gasteiger partial charge on any atom is 0.261 e. The predicted molar refractivity (Wildman–Crippen MR) is 150 cm³/mol. The standard InChI is InChI=1S/C31H37ClN2O3/c1-6-24(5)33-31(36)28(18-25-10-8-7-9-11-25)34(19-26-14-12-21(2)13-15-26)29(35)20-37-27-16-22(3)30(32)23(4)17-27/h7-17,24,28H,6,18-20H2,1-5H3,(H,33,36)/t24-,28-/m0/s1. The van der Waals surface area contributed by atoms with Gasteiger partial charge in [0.05, 0.1) is 0 Å². The fourth-order valence-corrected chi connectivity index (χ4v) is 4.21. The number of ether oxygens (including phenoxy) is 1. The van der Waals surface area contributed by atoms with E-state index >= 15 is 0 Å². The van der Waals surface area contributed by atoms with Crippen molar-refractivity contribution < 1.29 is 14.3 Å². The lowest BCUT2D eigenvalue weighted by molar-refractivity contribution is -0.143. The molecule has 0 radical (unpaired) electrons. The van der Waals surface area contributed by atoms with Crippen molar-refractivity contribution >= 4 is 23.4 Å². The highest BCUT2D eigenvalue weighted by molar-refractivity contribution is 6.32. The first-order chi connectivity index (χ1) is 17.7. The van der Waals surface area contributed by atoms with Gasteiger partial charge in [0.1, 0.15) is 11.8 Å². The highest BCUT2D eigenvalue weighted by Crippen LogP contribution is 2.26. The lowest BCUT2D eigenvalue weighted by Crippen LogP contribution is -2.53. The summed E-state index contributed by atoms with van der Waals surface area (Å²) >= 11 is 6.30. The molecule has 0 aliphatic heterocycles. The molecule has 2 amide bonds. The van der Waals surface area contributed by atoms with Crippen LogP contribution >= 0.6 is 11.6 Å². The van der Waals surface area contributed by atoms with E-state index in [0.717, 1.165) is 34.2 Å². The SMILES string of the molecule is CC[C@H](C)NC(=O)[C@H](Cc1ccccc1)N(Cc1ccc(C)cc1)C(=O)COc1cc(C)c(Cl)c(C)c1. The first-order valence-corrected chi connectivity index (χ1v) is 13.1. The van der Waals surface area contributed by atoms with Crippen LogP contribution in [0.2, 0.25) is 5.02 Å². The van der Waals surface area contributed by atoms with Gasteiger partial charge in [-0.3, -0.25) is 9.59 Å². The van der Waals surface area contributed by atoms with E-state index in [9.17, 15) is 9.59 Å². The molecular weight excluding hydrogens is 484 g/mol. The second-order valence-electron chi connectivity index (χ2n) is 9.69. The van der Waals surface area contributed by atoms with E-state index in [-0.39, 0.29) is 24.5 Å². The molecule has 0 aliphatic carbocycles. The molecule has 3 rings (SSSR count). The Labute approximate surface area is 225 Å². The number of carbonyl (C=O) groups is 2. The van der Waals surface area contributed by atoms with E-state index in [0.29, 0.717) is 23.7 Å². The molecule has 0 spiro atoms. The summed E-state index contributed by atoms with van der Waals surface area (Å²) in [7, 11) is 0. The van der Waals surface area contributed by atoms with E-state index in [1.54, 1.807) is 4.90 Å². The van der Waals surface area contributed by atoms with Gasteiger partial charge in [0.25, 0.3) is 5.91 Å². The second kappa shape index (κ2) is 13.3. The van der Waals surface area contributed by atoms with Crippen LogP contribution in [0, 0.1) is 20.8 Å². The molecular formula is C31H37ClN2O3. The van der Waals surface area contributed by atoms with E-state index in [4.69, 9.17) is 16.3 Å². The third kappa shape index (κ3) is 8.09. The first-order valence-electron chi connectivity index (χ1n) is 12.8. The van der Waals surface area contributed by atoms with Crippen LogP contribution in [0.15, 0.2) is 66.7 Å². The number of nitrogens with zero attached hydrogens (tertiary/aromatic N) is 1. The van der Waals surface area contributed by atoms with Crippen molar-refractivity contribution in [2.24, 2.45) is 0 Å². The van der Waals surface area contributed by atoms with Gasteiger partial charge >= 0.3 is 0 Å². The smallest absolute Gasteiger partial charge is 0.261 e. The minimum Gasteiger partial charge on any atom is -0.484 e. The number of hydrogen-bond acceptors (Lipinski definition) is 3. The number of nitrogens with one attached hydrogen (secondary N) is 1. The normalized spacial score (nSPS) is 12.5. The molecule has 0 saturated heterocycles. The lowest BCUT2D eigenvalue weighted by Gasteiger charge is -2.32. The molecule has 0 aliphatic rings. The summed E-state index contributed by atoms with van der Waals surface area (Å²) < 4.78 is 5.92. The van der Waals surface area contributed by atoms with Crippen LogP contribution < -0.4 is 10.1 Å². The van der Waals surface area contributed by atoms with Crippen molar-refractivity contribution in [3.63, 3.8) is 0 Å². The molecule has 37 heavy (non-hydrogen) atoms. The van der Waals surface area contributed by atoms with Crippen LogP contribution in [0.5, 0.6) is 5.75 Å². The van der Waals surface area contributed by atoms with Gasteiger partial charge in [-0.2, -0.15) is 0 Å². The van der Waals surface area contributed by atoms with Crippen LogP contribution in [0.3, 0.4) is 0 Å². The molecule has 2 atom stereocenters. The molecule has 0 aromatic heterocycles. The van der Waals surface area contributed by atoms with Gasteiger partial charge < -0.3 is 15.0 Å². The average Bonchev–Trinajstić information content (AvgIpc) is 2.89. The van der Waals surface area contributed by atoms with Crippen LogP contribution in [-0.4, -0.2) is 35.4 Å². The minimum atomic E-state index is -0.692. The third-order valence-electron chi connectivity index (χ3n) is 6.52. The number of hydrogen-bond donors (Lipinski definition) is 1. The second-order valence-corrected chi connectivity index (χ2v) is 10.1. The Kier molecular flexibility index (Phi) is 10.2. The average molecular weight is 521 g/mol. The fourth-order valence-electron chi connectivity index (χ4n) is 4.10. The molecule has 5 nitrogen and oxygen atoms in total. The summed E-state index contributed by atoms with van der Waals surface area (Å²) in [6, 6.07) is 20.8. The summed E-state index contributed by atoms with van der Waals surface area (Å²) in [5.41, 5.74) is 4.84. The van der Waals surface area contributed by atoms with Crippen molar-refractivity contribution in [2.75, 3.05) is 6.61 Å². The Balaban J connectivity index is 1.92. The van der Waals surface area contributed by atoms with Gasteiger partial charge in [0.2, 0.25) is 5.91 Å². The van der Waals surface area contributed by atoms with Crippen molar-refractivity contribution in [2.45, 2.75) is 66.1 Å². The first kappa shape index (κ1) is 28.3. The highest BCUT2D eigenvalue weighted by atomic mass is 35.5. The van der Waals surface area contributed by atoms with Crippen molar-refractivity contribution in [1.82, 2.24) is 10.2 Å². The predicted octanol–water partition coefficient (Wildman–Crippen LogP) is 6.20. The van der Waals surface area contributed by atoms with Crippen molar-refractivity contribution in [3.8, 4) is 5.75 Å². The molecule has 3 aromatic rings. The van der Waals surface area contributed by atoms with Gasteiger partial charge in [0.15, 0.2) is 6.61 Å². The van der Waals surface area contributed by atoms with Gasteiger partial charge in [-0.15, -0.1) is 0 Å². The number of amides is 2. The summed E-state index contributed by atoms with van der Waals surface area (Å²) in [5, 5.41) is 3.77. The van der Waals surface area contributed by atoms with Crippen LogP contribution in [0.4, 0.5) is 0 Å². The summed E-state index contributed by atoms with van der Waals surface area (Å²) in [6.45, 7) is 9.94. The third-order valence-corrected chi connectivity index (χ3v) is 7.11. The maximum atomic E-state index is 13.7. The van der Waals surface area contributed by atoms with Gasteiger partial charge in [-0.05, 0) is 68.5 Å². The van der Waals surface area contributed by atoms with E-state index < -0.39 is 6.04 Å². The zero-order valence-corrected chi connectivity index (χ0v) is 23.1.